The maximum atomic E-state index is 12.0. The highest BCUT2D eigenvalue weighted by Crippen LogP contribution is 2.06. The van der Waals surface area contributed by atoms with Gasteiger partial charge in [0.05, 0.1) is 6.54 Å². The van der Waals surface area contributed by atoms with Crippen molar-refractivity contribution in [3.63, 3.8) is 0 Å². The Morgan fingerprint density at radius 1 is 1.47 bits per heavy atom. The lowest BCUT2D eigenvalue weighted by Crippen LogP contribution is -2.24. The normalized spacial score (nSPS) is 10.2. The molecule has 0 saturated carbocycles. The highest BCUT2D eigenvalue weighted by atomic mass is 16.1. The van der Waals surface area contributed by atoms with Gasteiger partial charge in [-0.25, -0.2) is 4.98 Å². The Labute approximate surface area is 111 Å². The number of nitrogens with one attached hydrogen (secondary N) is 2. The number of amides is 1. The number of rotatable bonds is 5. The Hall–Kier alpha value is -2.44. The fourth-order valence-electron chi connectivity index (χ4n) is 1.58. The van der Waals surface area contributed by atoms with Gasteiger partial charge in [-0.15, -0.1) is 10.2 Å². The largest absolute Gasteiger partial charge is 0.370 e. The zero-order valence-corrected chi connectivity index (χ0v) is 10.9. The van der Waals surface area contributed by atoms with Gasteiger partial charge in [0.15, 0.2) is 5.82 Å². The Morgan fingerprint density at radius 2 is 2.32 bits per heavy atom. The lowest BCUT2D eigenvalue weighted by atomic mass is 10.2. The second-order valence-electron chi connectivity index (χ2n) is 4.00. The molecule has 0 spiro atoms. The molecular weight excluding hydrogens is 244 g/mol. The number of hydrogen-bond donors (Lipinski definition) is 2. The fourth-order valence-corrected chi connectivity index (χ4v) is 1.58. The number of carbonyl (C=O) groups is 1. The van der Waals surface area contributed by atoms with Crippen LogP contribution in [0.3, 0.4) is 0 Å². The summed E-state index contributed by atoms with van der Waals surface area (Å²) in [6, 6.07) is 3.39. The van der Waals surface area contributed by atoms with Crippen LogP contribution in [-0.4, -0.2) is 32.2 Å². The van der Waals surface area contributed by atoms with E-state index < -0.39 is 0 Å². The van der Waals surface area contributed by atoms with Crippen molar-refractivity contribution in [2.75, 3.05) is 11.9 Å². The van der Waals surface area contributed by atoms with Crippen molar-refractivity contribution in [2.24, 2.45) is 7.05 Å². The Bertz CT molecular complexity index is 565. The molecule has 2 rings (SSSR count). The molecule has 7 heteroatoms. The van der Waals surface area contributed by atoms with Gasteiger partial charge in [0.1, 0.15) is 12.1 Å². The van der Waals surface area contributed by atoms with Crippen LogP contribution in [0.2, 0.25) is 0 Å². The van der Waals surface area contributed by atoms with Crippen LogP contribution >= 0.6 is 0 Å². The molecule has 0 fully saturated rings. The zero-order valence-electron chi connectivity index (χ0n) is 10.9. The van der Waals surface area contributed by atoms with Gasteiger partial charge in [0, 0.05) is 25.4 Å². The van der Waals surface area contributed by atoms with E-state index in [1.54, 1.807) is 29.2 Å². The molecule has 0 bridgehead atoms. The second-order valence-corrected chi connectivity index (χ2v) is 4.00. The van der Waals surface area contributed by atoms with Crippen molar-refractivity contribution in [1.29, 1.82) is 0 Å². The van der Waals surface area contributed by atoms with Crippen LogP contribution in [0.25, 0.3) is 0 Å². The van der Waals surface area contributed by atoms with E-state index in [9.17, 15) is 4.79 Å². The molecule has 0 aromatic carbocycles. The summed E-state index contributed by atoms with van der Waals surface area (Å²) in [6.07, 6.45) is 3.20. The molecule has 2 heterocycles. The maximum absolute atomic E-state index is 12.0. The average molecular weight is 260 g/mol. The zero-order chi connectivity index (χ0) is 13.7. The first-order chi connectivity index (χ1) is 9.20. The molecule has 2 aromatic rings. The van der Waals surface area contributed by atoms with E-state index in [1.165, 1.54) is 0 Å². The molecule has 0 radical (unpaired) electrons. The van der Waals surface area contributed by atoms with Crippen molar-refractivity contribution >= 4 is 11.7 Å². The number of carbonyl (C=O) groups excluding carboxylic acids is 1. The van der Waals surface area contributed by atoms with Crippen molar-refractivity contribution in [1.82, 2.24) is 25.1 Å². The molecule has 1 amide bonds. The van der Waals surface area contributed by atoms with E-state index in [1.807, 2.05) is 14.0 Å². The average Bonchev–Trinajstić information content (AvgIpc) is 2.82. The van der Waals surface area contributed by atoms with Crippen molar-refractivity contribution in [2.45, 2.75) is 13.5 Å². The van der Waals surface area contributed by atoms with Crippen LogP contribution in [-0.2, 0) is 13.6 Å². The van der Waals surface area contributed by atoms with Crippen LogP contribution in [0.1, 0.15) is 23.1 Å². The molecule has 0 aliphatic carbocycles. The van der Waals surface area contributed by atoms with E-state index >= 15 is 0 Å². The van der Waals surface area contributed by atoms with Crippen LogP contribution in [0.5, 0.6) is 0 Å². The van der Waals surface area contributed by atoms with Gasteiger partial charge >= 0.3 is 0 Å². The Kier molecular flexibility index (Phi) is 4.07. The number of anilines is 1. The predicted molar refractivity (Wildman–Crippen MR) is 70.6 cm³/mol. The third-order valence-corrected chi connectivity index (χ3v) is 2.59. The van der Waals surface area contributed by atoms with E-state index in [2.05, 4.69) is 25.8 Å². The summed E-state index contributed by atoms with van der Waals surface area (Å²) >= 11 is 0. The van der Waals surface area contributed by atoms with E-state index in [4.69, 9.17) is 0 Å². The lowest BCUT2D eigenvalue weighted by Gasteiger charge is -2.06. The molecule has 0 unspecified atom stereocenters. The van der Waals surface area contributed by atoms with Gasteiger partial charge in [-0.2, -0.15) is 0 Å². The molecule has 2 N–H and O–H groups in total. The molecule has 0 atom stereocenters. The molecule has 2 aromatic heterocycles. The Balaban J connectivity index is 2.00. The van der Waals surface area contributed by atoms with Gasteiger partial charge in [-0.1, -0.05) is 0 Å². The Morgan fingerprint density at radius 3 is 3.00 bits per heavy atom. The smallest absolute Gasteiger partial charge is 0.251 e. The first-order valence-corrected chi connectivity index (χ1v) is 6.01. The number of pyridine rings is 1. The van der Waals surface area contributed by atoms with E-state index in [-0.39, 0.29) is 5.91 Å². The minimum atomic E-state index is -0.162. The molecule has 7 nitrogen and oxygen atoms in total. The second kappa shape index (κ2) is 5.94. The first-order valence-electron chi connectivity index (χ1n) is 6.01. The number of nitrogens with zero attached hydrogens (tertiary/aromatic N) is 4. The number of hydrogen-bond acceptors (Lipinski definition) is 5. The lowest BCUT2D eigenvalue weighted by molar-refractivity contribution is 0.0949. The quantitative estimate of drug-likeness (QED) is 0.821. The highest BCUT2D eigenvalue weighted by molar-refractivity contribution is 5.94. The minimum Gasteiger partial charge on any atom is -0.370 e. The van der Waals surface area contributed by atoms with Gasteiger partial charge in [-0.3, -0.25) is 4.79 Å². The van der Waals surface area contributed by atoms with Crippen molar-refractivity contribution < 1.29 is 4.79 Å². The molecular formula is C12H16N6O. The third kappa shape index (κ3) is 3.27. The van der Waals surface area contributed by atoms with Crippen LogP contribution in [0.15, 0.2) is 24.7 Å². The summed E-state index contributed by atoms with van der Waals surface area (Å²) in [5, 5.41) is 13.5. The van der Waals surface area contributed by atoms with Gasteiger partial charge in [-0.05, 0) is 19.1 Å². The minimum absolute atomic E-state index is 0.162. The van der Waals surface area contributed by atoms with Gasteiger partial charge < -0.3 is 15.2 Å². The third-order valence-electron chi connectivity index (χ3n) is 2.59. The number of aromatic nitrogens is 4. The summed E-state index contributed by atoms with van der Waals surface area (Å²) in [5.41, 5.74) is 0.563. The molecule has 100 valence electrons. The number of aryl methyl sites for hydroxylation is 1. The molecule has 0 aliphatic rings. The van der Waals surface area contributed by atoms with Gasteiger partial charge in [0.2, 0.25) is 0 Å². The van der Waals surface area contributed by atoms with E-state index in [0.717, 1.165) is 6.54 Å². The highest BCUT2D eigenvalue weighted by Gasteiger charge is 2.08. The summed E-state index contributed by atoms with van der Waals surface area (Å²) in [7, 11) is 1.83. The summed E-state index contributed by atoms with van der Waals surface area (Å²) < 4.78 is 1.76. The predicted octanol–water partition coefficient (Wildman–Crippen LogP) is 0.572. The first kappa shape index (κ1) is 13.0. The summed E-state index contributed by atoms with van der Waals surface area (Å²) in [4.78, 5) is 16.1. The molecule has 0 aliphatic heterocycles. The van der Waals surface area contributed by atoms with Crippen LogP contribution < -0.4 is 10.6 Å². The molecule has 0 saturated heterocycles. The SMILES string of the molecule is CCNc1cc(C(=O)NCc2nncn2C)ccn1. The molecule has 19 heavy (non-hydrogen) atoms. The van der Waals surface area contributed by atoms with Crippen molar-refractivity contribution in [3.8, 4) is 0 Å². The maximum Gasteiger partial charge on any atom is 0.251 e. The monoisotopic (exact) mass is 260 g/mol. The standard InChI is InChI=1S/C12H16N6O/c1-3-13-10-6-9(4-5-14-10)12(19)15-7-11-17-16-8-18(11)2/h4-6,8H,3,7H2,1-2H3,(H,13,14)(H,15,19). The van der Waals surface area contributed by atoms with Crippen LogP contribution in [0.4, 0.5) is 5.82 Å². The van der Waals surface area contributed by atoms with Gasteiger partial charge in [0.25, 0.3) is 5.91 Å². The summed E-state index contributed by atoms with van der Waals surface area (Å²) in [6.45, 7) is 3.08. The van der Waals surface area contributed by atoms with Crippen LogP contribution in [0, 0.1) is 0 Å². The van der Waals surface area contributed by atoms with Crippen molar-refractivity contribution in [3.05, 3.63) is 36.0 Å². The summed E-state index contributed by atoms with van der Waals surface area (Å²) in [5.74, 6) is 1.23. The fraction of sp³-hybridized carbons (Fsp3) is 0.333. The topological polar surface area (TPSA) is 84.7 Å². The van der Waals surface area contributed by atoms with E-state index in [0.29, 0.717) is 23.8 Å².